The number of ether oxygens (including phenoxy) is 1. The summed E-state index contributed by atoms with van der Waals surface area (Å²) in [6, 6.07) is -0.0781. The highest BCUT2D eigenvalue weighted by Crippen LogP contribution is 2.24. The van der Waals surface area contributed by atoms with Gasteiger partial charge in [0.25, 0.3) is 10.2 Å². The molecule has 2 fully saturated rings. The molecule has 0 aromatic carbocycles. The Bertz CT molecular complexity index is 421. The van der Waals surface area contributed by atoms with E-state index in [2.05, 4.69) is 12.2 Å². The Labute approximate surface area is 129 Å². The molecule has 2 rings (SSSR count). The Balaban J connectivity index is 1.94. The molecule has 0 bridgehead atoms. The first kappa shape index (κ1) is 17.1. The third kappa shape index (κ3) is 4.16. The van der Waals surface area contributed by atoms with Crippen LogP contribution in [0, 0.1) is 5.92 Å². The van der Waals surface area contributed by atoms with E-state index in [1.54, 1.807) is 8.61 Å². The van der Waals surface area contributed by atoms with Crippen molar-refractivity contribution in [3.63, 3.8) is 0 Å². The van der Waals surface area contributed by atoms with Crippen molar-refractivity contribution in [1.82, 2.24) is 13.9 Å². The maximum Gasteiger partial charge on any atom is 0.282 e. The van der Waals surface area contributed by atoms with Crippen LogP contribution in [0.3, 0.4) is 0 Å². The molecule has 1 N–H and O–H groups in total. The second-order valence-electron chi connectivity index (χ2n) is 6.22. The van der Waals surface area contributed by atoms with Crippen LogP contribution >= 0.6 is 0 Å². The molecule has 6 nitrogen and oxygen atoms in total. The van der Waals surface area contributed by atoms with Crippen LogP contribution in [0.1, 0.15) is 33.6 Å². The van der Waals surface area contributed by atoms with Gasteiger partial charge in [-0.1, -0.05) is 6.92 Å². The third-order valence-electron chi connectivity index (χ3n) is 4.43. The summed E-state index contributed by atoms with van der Waals surface area (Å²) >= 11 is 0. The van der Waals surface area contributed by atoms with Gasteiger partial charge in [-0.2, -0.15) is 17.0 Å². The SMILES string of the molecule is CCNCC1CCN(S(=O)(=O)N2C[C@H](C)OC[C@H]2C)CC1. The first-order chi connectivity index (χ1) is 9.95. The van der Waals surface area contributed by atoms with E-state index in [0.717, 1.165) is 25.9 Å². The fourth-order valence-corrected chi connectivity index (χ4v) is 4.92. The van der Waals surface area contributed by atoms with Crippen molar-refractivity contribution >= 4 is 10.2 Å². The first-order valence-corrected chi connectivity index (χ1v) is 9.44. The van der Waals surface area contributed by atoms with Crippen LogP contribution in [0.5, 0.6) is 0 Å². The van der Waals surface area contributed by atoms with E-state index in [0.29, 0.717) is 32.2 Å². The molecule has 2 heterocycles. The van der Waals surface area contributed by atoms with Gasteiger partial charge in [-0.3, -0.25) is 0 Å². The second-order valence-corrected chi connectivity index (χ2v) is 8.10. The van der Waals surface area contributed by atoms with Crippen LogP contribution in [-0.4, -0.2) is 68.5 Å². The molecule has 0 amide bonds. The number of rotatable bonds is 5. The van der Waals surface area contributed by atoms with E-state index in [4.69, 9.17) is 4.74 Å². The summed E-state index contributed by atoms with van der Waals surface area (Å²) in [5.41, 5.74) is 0. The quantitative estimate of drug-likeness (QED) is 0.809. The first-order valence-electron chi connectivity index (χ1n) is 8.04. The molecule has 0 aromatic rings. The minimum Gasteiger partial charge on any atom is -0.375 e. The van der Waals surface area contributed by atoms with Crippen LogP contribution in [0.4, 0.5) is 0 Å². The lowest BCUT2D eigenvalue weighted by molar-refractivity contribution is -0.0194. The predicted molar refractivity (Wildman–Crippen MR) is 83.3 cm³/mol. The van der Waals surface area contributed by atoms with Gasteiger partial charge >= 0.3 is 0 Å². The normalized spacial score (nSPS) is 30.6. The summed E-state index contributed by atoms with van der Waals surface area (Å²) < 4.78 is 34.4. The zero-order valence-corrected chi connectivity index (χ0v) is 14.2. The van der Waals surface area contributed by atoms with E-state index < -0.39 is 10.2 Å². The Morgan fingerprint density at radius 1 is 1.24 bits per heavy atom. The molecule has 124 valence electrons. The molecule has 2 aliphatic heterocycles. The smallest absolute Gasteiger partial charge is 0.282 e. The van der Waals surface area contributed by atoms with E-state index >= 15 is 0 Å². The Morgan fingerprint density at radius 3 is 2.52 bits per heavy atom. The van der Waals surface area contributed by atoms with Crippen molar-refractivity contribution in [2.75, 3.05) is 39.3 Å². The van der Waals surface area contributed by atoms with Crippen molar-refractivity contribution in [2.45, 2.75) is 45.8 Å². The number of morpholine rings is 1. The monoisotopic (exact) mass is 319 g/mol. The van der Waals surface area contributed by atoms with Crippen molar-refractivity contribution in [3.05, 3.63) is 0 Å². The fraction of sp³-hybridized carbons (Fsp3) is 1.00. The van der Waals surface area contributed by atoms with Gasteiger partial charge in [-0.25, -0.2) is 0 Å². The molecule has 2 aliphatic rings. The number of nitrogens with one attached hydrogen (secondary N) is 1. The van der Waals surface area contributed by atoms with Crippen LogP contribution < -0.4 is 5.32 Å². The Hall–Kier alpha value is -0.210. The largest absolute Gasteiger partial charge is 0.375 e. The molecule has 0 aliphatic carbocycles. The summed E-state index contributed by atoms with van der Waals surface area (Å²) in [5.74, 6) is 0.595. The van der Waals surface area contributed by atoms with Gasteiger partial charge in [0.15, 0.2) is 0 Å². The molecule has 21 heavy (non-hydrogen) atoms. The third-order valence-corrected chi connectivity index (χ3v) is 6.55. The molecule has 2 atom stereocenters. The molecule has 0 unspecified atom stereocenters. The summed E-state index contributed by atoms with van der Waals surface area (Å²) in [7, 11) is -3.34. The lowest BCUT2D eigenvalue weighted by Crippen LogP contribution is -2.56. The van der Waals surface area contributed by atoms with E-state index in [1.807, 2.05) is 13.8 Å². The van der Waals surface area contributed by atoms with Gasteiger partial charge in [0.1, 0.15) is 0 Å². The molecule has 0 saturated carbocycles. The van der Waals surface area contributed by atoms with Crippen LogP contribution in [0.25, 0.3) is 0 Å². The zero-order chi connectivity index (χ0) is 15.5. The highest BCUT2D eigenvalue weighted by molar-refractivity contribution is 7.86. The standard InChI is InChI=1S/C14H29N3O3S/c1-4-15-9-14-5-7-16(8-6-14)21(18,19)17-10-13(3)20-11-12(17)2/h12-15H,4-11H2,1-3H3/t12-,13+/m1/s1. The number of piperidine rings is 1. The molecule has 0 aromatic heterocycles. The molecular weight excluding hydrogens is 290 g/mol. The minimum absolute atomic E-state index is 0.0257. The molecule has 7 heteroatoms. The van der Waals surface area contributed by atoms with Crippen molar-refractivity contribution in [1.29, 1.82) is 0 Å². The van der Waals surface area contributed by atoms with Gasteiger partial charge in [-0.05, 0) is 45.7 Å². The van der Waals surface area contributed by atoms with Crippen LogP contribution in [0.15, 0.2) is 0 Å². The molecule has 0 radical (unpaired) electrons. The highest BCUT2D eigenvalue weighted by Gasteiger charge is 2.38. The maximum atomic E-state index is 12.8. The number of nitrogens with zero attached hydrogens (tertiary/aromatic N) is 2. The predicted octanol–water partition coefficient (Wildman–Crippen LogP) is 0.662. The maximum absolute atomic E-state index is 12.8. The van der Waals surface area contributed by atoms with Gasteiger partial charge in [0, 0.05) is 25.7 Å². The Morgan fingerprint density at radius 2 is 1.90 bits per heavy atom. The number of hydrogen-bond donors (Lipinski definition) is 1. The van der Waals surface area contributed by atoms with Crippen molar-refractivity contribution in [3.8, 4) is 0 Å². The minimum atomic E-state index is -3.34. The summed E-state index contributed by atoms with van der Waals surface area (Å²) in [4.78, 5) is 0. The van der Waals surface area contributed by atoms with Gasteiger partial charge < -0.3 is 10.1 Å². The van der Waals surface area contributed by atoms with Crippen molar-refractivity contribution in [2.24, 2.45) is 5.92 Å². The number of hydrogen-bond acceptors (Lipinski definition) is 4. The average molecular weight is 319 g/mol. The Kier molecular flexibility index (Phi) is 6.02. The summed E-state index contributed by atoms with van der Waals surface area (Å²) in [6.07, 6.45) is 1.86. The van der Waals surface area contributed by atoms with E-state index in [1.165, 1.54) is 0 Å². The summed E-state index contributed by atoms with van der Waals surface area (Å²) in [6.45, 7) is 10.1. The molecule has 2 saturated heterocycles. The average Bonchev–Trinajstić information content (AvgIpc) is 2.48. The van der Waals surface area contributed by atoms with Crippen molar-refractivity contribution < 1.29 is 13.2 Å². The van der Waals surface area contributed by atoms with Gasteiger partial charge in [-0.15, -0.1) is 0 Å². The highest BCUT2D eigenvalue weighted by atomic mass is 32.2. The van der Waals surface area contributed by atoms with E-state index in [-0.39, 0.29) is 12.1 Å². The van der Waals surface area contributed by atoms with Gasteiger partial charge in [0.2, 0.25) is 0 Å². The summed E-state index contributed by atoms with van der Waals surface area (Å²) in [5, 5.41) is 3.35. The second kappa shape index (κ2) is 7.37. The van der Waals surface area contributed by atoms with E-state index in [9.17, 15) is 8.42 Å². The molecule has 0 spiro atoms. The molecular formula is C14H29N3O3S. The van der Waals surface area contributed by atoms with Crippen LogP contribution in [0.2, 0.25) is 0 Å². The topological polar surface area (TPSA) is 61.9 Å². The van der Waals surface area contributed by atoms with Gasteiger partial charge in [0.05, 0.1) is 12.7 Å². The zero-order valence-electron chi connectivity index (χ0n) is 13.4. The lowest BCUT2D eigenvalue weighted by Gasteiger charge is -2.40. The fourth-order valence-electron chi connectivity index (χ4n) is 3.04. The lowest BCUT2D eigenvalue weighted by atomic mass is 9.98. The van der Waals surface area contributed by atoms with Crippen LogP contribution in [-0.2, 0) is 14.9 Å².